The fourth-order valence-electron chi connectivity index (χ4n) is 2.96. The quantitative estimate of drug-likeness (QED) is 0.835. The molecule has 2 atom stereocenters. The number of hydrogen-bond donors (Lipinski definition) is 1. The molecule has 3 heteroatoms. The molecule has 2 nitrogen and oxygen atoms in total. The van der Waals surface area contributed by atoms with Crippen LogP contribution >= 0.6 is 11.8 Å². The van der Waals surface area contributed by atoms with Crippen molar-refractivity contribution in [3.8, 4) is 0 Å². The van der Waals surface area contributed by atoms with Gasteiger partial charge in [-0.2, -0.15) is 11.8 Å². The summed E-state index contributed by atoms with van der Waals surface area (Å²) in [4.78, 5) is 0. The normalized spacial score (nSPS) is 34.4. The molecule has 17 heavy (non-hydrogen) atoms. The van der Waals surface area contributed by atoms with Crippen LogP contribution < -0.4 is 5.32 Å². The number of rotatable bonds is 4. The van der Waals surface area contributed by atoms with E-state index < -0.39 is 0 Å². The Balaban J connectivity index is 1.93. The van der Waals surface area contributed by atoms with Gasteiger partial charge in [-0.3, -0.25) is 0 Å². The maximum atomic E-state index is 6.08. The lowest BCUT2D eigenvalue weighted by molar-refractivity contribution is -0.0735. The van der Waals surface area contributed by atoms with E-state index in [4.69, 9.17) is 4.74 Å². The van der Waals surface area contributed by atoms with Crippen LogP contribution in [0.1, 0.15) is 52.9 Å². The predicted molar refractivity (Wildman–Crippen MR) is 75.8 cm³/mol. The van der Waals surface area contributed by atoms with Crippen LogP contribution in [0.15, 0.2) is 0 Å². The zero-order valence-corrected chi connectivity index (χ0v) is 12.4. The minimum absolute atomic E-state index is 0.211. The van der Waals surface area contributed by atoms with Crippen molar-refractivity contribution in [1.29, 1.82) is 0 Å². The van der Waals surface area contributed by atoms with Crippen LogP contribution in [-0.2, 0) is 4.74 Å². The fourth-order valence-corrected chi connectivity index (χ4v) is 4.34. The van der Waals surface area contributed by atoms with Crippen LogP contribution in [0.3, 0.4) is 0 Å². The van der Waals surface area contributed by atoms with Crippen LogP contribution in [0.5, 0.6) is 0 Å². The predicted octanol–water partition coefficient (Wildman–Crippen LogP) is 3.21. The molecule has 2 aliphatic heterocycles. The van der Waals surface area contributed by atoms with Crippen LogP contribution in [-0.4, -0.2) is 35.3 Å². The summed E-state index contributed by atoms with van der Waals surface area (Å²) in [7, 11) is 0. The third-order valence-electron chi connectivity index (χ3n) is 4.67. The van der Waals surface area contributed by atoms with Gasteiger partial charge in [-0.1, -0.05) is 13.8 Å². The molecular weight excluding hydrogens is 230 g/mol. The SMILES string of the molecule is CCC(C)(CC)NC1CCOC2(CCSC2)C1. The number of nitrogens with one attached hydrogen (secondary N) is 1. The first-order valence-corrected chi connectivity index (χ1v) is 8.26. The van der Waals surface area contributed by atoms with Gasteiger partial charge in [-0.15, -0.1) is 0 Å². The molecule has 0 aliphatic carbocycles. The van der Waals surface area contributed by atoms with Crippen LogP contribution in [0.2, 0.25) is 0 Å². The highest BCUT2D eigenvalue weighted by molar-refractivity contribution is 7.99. The molecule has 1 N–H and O–H groups in total. The molecule has 2 fully saturated rings. The van der Waals surface area contributed by atoms with Gasteiger partial charge in [0.2, 0.25) is 0 Å². The summed E-state index contributed by atoms with van der Waals surface area (Å²) in [6, 6.07) is 0.660. The second-order valence-corrected chi connectivity index (χ2v) is 7.04. The first kappa shape index (κ1) is 13.7. The van der Waals surface area contributed by atoms with Gasteiger partial charge in [0.15, 0.2) is 0 Å². The third-order valence-corrected chi connectivity index (χ3v) is 5.90. The van der Waals surface area contributed by atoms with E-state index >= 15 is 0 Å². The van der Waals surface area contributed by atoms with E-state index in [9.17, 15) is 0 Å². The van der Waals surface area contributed by atoms with E-state index in [2.05, 4.69) is 37.8 Å². The molecular formula is C14H27NOS. The molecule has 0 aromatic heterocycles. The molecule has 2 heterocycles. The van der Waals surface area contributed by atoms with Gasteiger partial charge in [-0.25, -0.2) is 0 Å². The standard InChI is InChI=1S/C14H27NOS/c1-4-13(3,5-2)15-12-6-8-16-14(10-12)7-9-17-11-14/h12,15H,4-11H2,1-3H3. The van der Waals surface area contributed by atoms with E-state index in [-0.39, 0.29) is 5.60 Å². The zero-order chi connectivity index (χ0) is 12.4. The van der Waals surface area contributed by atoms with Gasteiger partial charge < -0.3 is 10.1 Å². The summed E-state index contributed by atoms with van der Waals surface area (Å²) in [5, 5.41) is 3.89. The maximum absolute atomic E-state index is 6.08. The van der Waals surface area contributed by atoms with E-state index in [1.165, 1.54) is 43.6 Å². The Bertz CT molecular complexity index is 245. The zero-order valence-electron chi connectivity index (χ0n) is 11.6. The van der Waals surface area contributed by atoms with Crippen molar-refractivity contribution in [2.75, 3.05) is 18.1 Å². The highest BCUT2D eigenvalue weighted by Gasteiger charge is 2.41. The molecule has 0 radical (unpaired) electrons. The second kappa shape index (κ2) is 5.50. The fraction of sp³-hybridized carbons (Fsp3) is 1.00. The largest absolute Gasteiger partial charge is 0.374 e. The summed E-state index contributed by atoms with van der Waals surface area (Å²) in [6.45, 7) is 7.88. The first-order chi connectivity index (χ1) is 8.11. The highest BCUT2D eigenvalue weighted by Crippen LogP contribution is 2.38. The van der Waals surface area contributed by atoms with Crippen LogP contribution in [0.25, 0.3) is 0 Å². The van der Waals surface area contributed by atoms with Gasteiger partial charge in [0.25, 0.3) is 0 Å². The summed E-state index contributed by atoms with van der Waals surface area (Å²) >= 11 is 2.06. The maximum Gasteiger partial charge on any atom is 0.0795 e. The lowest BCUT2D eigenvalue weighted by atomic mass is 9.86. The topological polar surface area (TPSA) is 21.3 Å². The van der Waals surface area contributed by atoms with Crippen LogP contribution in [0, 0.1) is 0 Å². The van der Waals surface area contributed by atoms with E-state index in [0.717, 1.165) is 6.61 Å². The summed E-state index contributed by atoms with van der Waals surface area (Å²) in [5.74, 6) is 2.49. The first-order valence-electron chi connectivity index (χ1n) is 7.11. The molecule has 2 aliphatic rings. The summed E-state index contributed by atoms with van der Waals surface area (Å²) < 4.78 is 6.08. The Morgan fingerprint density at radius 3 is 2.76 bits per heavy atom. The Morgan fingerprint density at radius 1 is 1.41 bits per heavy atom. The molecule has 2 unspecified atom stereocenters. The molecule has 0 aromatic rings. The Morgan fingerprint density at radius 2 is 2.18 bits per heavy atom. The van der Waals surface area contributed by atoms with Gasteiger partial charge in [-0.05, 0) is 44.8 Å². The average Bonchev–Trinajstić information content (AvgIpc) is 2.77. The number of ether oxygens (including phenoxy) is 1. The van der Waals surface area contributed by atoms with Crippen molar-refractivity contribution in [3.05, 3.63) is 0 Å². The molecule has 0 amide bonds. The third kappa shape index (κ3) is 3.18. The van der Waals surface area contributed by atoms with E-state index in [1.54, 1.807) is 0 Å². The smallest absolute Gasteiger partial charge is 0.0795 e. The van der Waals surface area contributed by atoms with Crippen LogP contribution in [0.4, 0.5) is 0 Å². The number of hydrogen-bond acceptors (Lipinski definition) is 3. The molecule has 0 bridgehead atoms. The minimum Gasteiger partial charge on any atom is -0.374 e. The van der Waals surface area contributed by atoms with Crippen molar-refractivity contribution in [3.63, 3.8) is 0 Å². The van der Waals surface area contributed by atoms with E-state index in [0.29, 0.717) is 11.6 Å². The summed E-state index contributed by atoms with van der Waals surface area (Å²) in [5.41, 5.74) is 0.526. The lowest BCUT2D eigenvalue weighted by Gasteiger charge is -2.42. The van der Waals surface area contributed by atoms with Gasteiger partial charge >= 0.3 is 0 Å². The minimum atomic E-state index is 0.211. The van der Waals surface area contributed by atoms with Crippen molar-refractivity contribution >= 4 is 11.8 Å². The molecule has 100 valence electrons. The Kier molecular flexibility index (Phi) is 4.43. The Hall–Kier alpha value is 0.270. The Labute approximate surface area is 110 Å². The second-order valence-electron chi connectivity index (χ2n) is 5.94. The number of thioether (sulfide) groups is 1. The van der Waals surface area contributed by atoms with E-state index in [1.807, 2.05) is 0 Å². The van der Waals surface area contributed by atoms with Gasteiger partial charge in [0.05, 0.1) is 5.60 Å². The van der Waals surface area contributed by atoms with Crippen molar-refractivity contribution in [2.24, 2.45) is 0 Å². The molecule has 2 rings (SSSR count). The molecule has 1 spiro atoms. The average molecular weight is 257 g/mol. The lowest BCUT2D eigenvalue weighted by Crippen LogP contribution is -2.54. The molecule has 0 aromatic carbocycles. The van der Waals surface area contributed by atoms with Crippen molar-refractivity contribution in [1.82, 2.24) is 5.32 Å². The monoisotopic (exact) mass is 257 g/mol. The van der Waals surface area contributed by atoms with Crippen molar-refractivity contribution in [2.45, 2.75) is 70.1 Å². The molecule has 0 saturated carbocycles. The summed E-state index contributed by atoms with van der Waals surface area (Å²) in [6.07, 6.45) is 6.08. The van der Waals surface area contributed by atoms with Gasteiger partial charge in [0, 0.05) is 23.9 Å². The van der Waals surface area contributed by atoms with Crippen molar-refractivity contribution < 1.29 is 4.74 Å². The highest BCUT2D eigenvalue weighted by atomic mass is 32.2. The van der Waals surface area contributed by atoms with Gasteiger partial charge in [0.1, 0.15) is 0 Å². The molecule has 2 saturated heterocycles.